The molecule has 1 aliphatic rings. The van der Waals surface area contributed by atoms with Crippen molar-refractivity contribution in [2.24, 2.45) is 5.92 Å². The van der Waals surface area contributed by atoms with E-state index < -0.39 is 21.7 Å². The van der Waals surface area contributed by atoms with E-state index in [4.69, 9.17) is 9.72 Å². The van der Waals surface area contributed by atoms with Crippen LogP contribution in [-0.2, 0) is 10.0 Å². The van der Waals surface area contributed by atoms with Crippen molar-refractivity contribution in [2.75, 3.05) is 18.1 Å². The number of hydrogen-bond donors (Lipinski definition) is 2. The fourth-order valence-corrected chi connectivity index (χ4v) is 4.98. The van der Waals surface area contributed by atoms with Gasteiger partial charge in [-0.3, -0.25) is 9.89 Å². The number of piperidine rings is 1. The van der Waals surface area contributed by atoms with Crippen LogP contribution in [0.5, 0.6) is 5.75 Å². The summed E-state index contributed by atoms with van der Waals surface area (Å²) in [6.45, 7) is 7.15. The number of ether oxygens (including phenoxy) is 1. The van der Waals surface area contributed by atoms with Crippen LogP contribution in [0, 0.1) is 11.7 Å². The fourth-order valence-electron chi connectivity index (χ4n) is 4.10. The van der Waals surface area contributed by atoms with Gasteiger partial charge in [-0.2, -0.15) is 13.5 Å². The van der Waals surface area contributed by atoms with Crippen LogP contribution in [-0.4, -0.2) is 48.7 Å². The first-order chi connectivity index (χ1) is 17.1. The highest BCUT2D eigenvalue weighted by Crippen LogP contribution is 2.31. The van der Waals surface area contributed by atoms with Crippen LogP contribution in [0.2, 0.25) is 0 Å². The van der Waals surface area contributed by atoms with Gasteiger partial charge in [0, 0.05) is 24.2 Å². The summed E-state index contributed by atoms with van der Waals surface area (Å²) in [6.07, 6.45) is 4.16. The number of nitrogens with zero attached hydrogens (tertiary/aromatic N) is 3. The number of pyridine rings is 1. The van der Waals surface area contributed by atoms with Gasteiger partial charge in [0.1, 0.15) is 17.4 Å². The van der Waals surface area contributed by atoms with Crippen LogP contribution in [0.4, 0.5) is 10.2 Å². The molecule has 0 radical (unpaired) electrons. The summed E-state index contributed by atoms with van der Waals surface area (Å²) in [6, 6.07) is 8.84. The highest BCUT2D eigenvalue weighted by Gasteiger charge is 2.28. The smallest absolute Gasteiger partial charge is 0.281 e. The lowest BCUT2D eigenvalue weighted by molar-refractivity contribution is 0.0981. The van der Waals surface area contributed by atoms with Crippen molar-refractivity contribution in [3.63, 3.8) is 0 Å². The van der Waals surface area contributed by atoms with Gasteiger partial charge in [-0.25, -0.2) is 14.1 Å². The van der Waals surface area contributed by atoms with E-state index in [0.29, 0.717) is 36.0 Å². The van der Waals surface area contributed by atoms with Crippen molar-refractivity contribution < 1.29 is 22.3 Å². The summed E-state index contributed by atoms with van der Waals surface area (Å²) in [5, 5.41) is 5.77. The van der Waals surface area contributed by atoms with Gasteiger partial charge in [-0.15, -0.1) is 0 Å². The Hall–Kier alpha value is -3.47. The minimum absolute atomic E-state index is 0.0923. The molecule has 2 N–H and O–H groups in total. The van der Waals surface area contributed by atoms with Crippen LogP contribution >= 0.6 is 0 Å². The average Bonchev–Trinajstić information content (AvgIpc) is 3.38. The maximum Gasteiger partial charge on any atom is 0.281 e. The lowest BCUT2D eigenvalue weighted by Gasteiger charge is -2.35. The second-order valence-electron chi connectivity index (χ2n) is 9.34. The molecule has 0 aliphatic carbocycles. The monoisotopic (exact) mass is 515 g/mol. The maximum atomic E-state index is 14.4. The van der Waals surface area contributed by atoms with Crippen LogP contribution in [0.1, 0.15) is 50.4 Å². The Kier molecular flexibility index (Phi) is 7.58. The number of anilines is 1. The number of nitrogens with one attached hydrogen (secondary N) is 2. The lowest BCUT2D eigenvalue weighted by atomic mass is 10.0. The first kappa shape index (κ1) is 25.6. The van der Waals surface area contributed by atoms with E-state index in [0.717, 1.165) is 19.3 Å². The van der Waals surface area contributed by atoms with E-state index in [1.807, 2.05) is 25.7 Å². The van der Waals surface area contributed by atoms with Crippen LogP contribution in [0.25, 0.3) is 11.3 Å². The molecule has 0 saturated carbocycles. The average molecular weight is 516 g/mol. The van der Waals surface area contributed by atoms with Gasteiger partial charge in [0.25, 0.3) is 15.9 Å². The fraction of sp³-hybridized carbons (Fsp3) is 0.400. The molecule has 4 rings (SSSR count). The molecule has 36 heavy (non-hydrogen) atoms. The topological polar surface area (TPSA) is 117 Å². The number of sulfonamides is 1. The Labute approximate surface area is 210 Å². The molecule has 3 aromatic rings. The molecule has 1 aromatic carbocycles. The first-order valence-electron chi connectivity index (χ1n) is 11.9. The number of rotatable bonds is 8. The van der Waals surface area contributed by atoms with Crippen molar-refractivity contribution in [1.29, 1.82) is 0 Å². The largest absolute Gasteiger partial charge is 0.493 e. The van der Waals surface area contributed by atoms with E-state index in [2.05, 4.69) is 14.9 Å². The van der Waals surface area contributed by atoms with Crippen molar-refractivity contribution >= 4 is 21.7 Å². The lowest BCUT2D eigenvalue weighted by Crippen LogP contribution is -2.40. The number of hydrogen-bond acceptors (Lipinski definition) is 7. The van der Waals surface area contributed by atoms with Crippen LogP contribution < -0.4 is 14.4 Å². The molecule has 192 valence electrons. The van der Waals surface area contributed by atoms with Crippen molar-refractivity contribution in [1.82, 2.24) is 19.9 Å². The molecule has 1 fully saturated rings. The van der Waals surface area contributed by atoms with Gasteiger partial charge >= 0.3 is 0 Å². The molecule has 0 bridgehead atoms. The molecule has 11 heteroatoms. The summed E-state index contributed by atoms with van der Waals surface area (Å²) in [4.78, 5) is 19.9. The third-order valence-electron chi connectivity index (χ3n) is 5.94. The van der Waals surface area contributed by atoms with Gasteiger partial charge in [0.15, 0.2) is 5.03 Å². The third-order valence-corrected chi connectivity index (χ3v) is 7.20. The predicted molar refractivity (Wildman–Crippen MR) is 134 cm³/mol. The Morgan fingerprint density at radius 1 is 1.25 bits per heavy atom. The standard InChI is InChI=1S/C25H30FN5O4S/c1-16(2)15-35-20-13-18(12-19(26)14-20)22-8-7-21(24(28-22)31-11-5-4-6-17(31)3)25(32)30-36(33,34)23-9-10-27-29-23/h7-10,12-14,16-17H,4-6,11,15H2,1-3H3,(H,27,29)(H,30,32). The molecule has 2 aromatic heterocycles. The Balaban J connectivity index is 1.73. The van der Waals surface area contributed by atoms with Crippen molar-refractivity contribution in [2.45, 2.75) is 51.1 Å². The normalized spacial score (nSPS) is 16.2. The molecule has 1 aliphatic heterocycles. The maximum absolute atomic E-state index is 14.4. The van der Waals surface area contributed by atoms with E-state index in [-0.39, 0.29) is 22.5 Å². The summed E-state index contributed by atoms with van der Waals surface area (Å²) >= 11 is 0. The Morgan fingerprint density at radius 2 is 2.06 bits per heavy atom. The van der Waals surface area contributed by atoms with Crippen LogP contribution in [0.3, 0.4) is 0 Å². The molecular formula is C25H30FN5O4S. The molecule has 1 amide bonds. The van der Waals surface area contributed by atoms with Gasteiger partial charge < -0.3 is 9.64 Å². The van der Waals surface area contributed by atoms with Gasteiger partial charge in [-0.05, 0) is 62.4 Å². The second kappa shape index (κ2) is 10.7. The molecule has 1 saturated heterocycles. The van der Waals surface area contributed by atoms with Gasteiger partial charge in [-0.1, -0.05) is 13.8 Å². The van der Waals surface area contributed by atoms with E-state index in [9.17, 15) is 17.6 Å². The van der Waals surface area contributed by atoms with E-state index in [1.165, 1.54) is 30.5 Å². The summed E-state index contributed by atoms with van der Waals surface area (Å²) in [7, 11) is -4.14. The zero-order chi connectivity index (χ0) is 25.9. The first-order valence-corrected chi connectivity index (χ1v) is 13.4. The van der Waals surface area contributed by atoms with E-state index in [1.54, 1.807) is 12.1 Å². The molecule has 0 spiro atoms. The van der Waals surface area contributed by atoms with E-state index >= 15 is 0 Å². The van der Waals surface area contributed by atoms with Crippen LogP contribution in [0.15, 0.2) is 47.6 Å². The number of carbonyl (C=O) groups excluding carboxylic acids is 1. The zero-order valence-electron chi connectivity index (χ0n) is 20.5. The number of aromatic nitrogens is 3. The molecular weight excluding hydrogens is 485 g/mol. The summed E-state index contributed by atoms with van der Waals surface area (Å²) in [5.41, 5.74) is 1.06. The summed E-state index contributed by atoms with van der Waals surface area (Å²) < 4.78 is 47.4. The number of aromatic amines is 1. The molecule has 9 nitrogen and oxygen atoms in total. The number of amides is 1. The number of halogens is 1. The van der Waals surface area contributed by atoms with Gasteiger partial charge in [0.2, 0.25) is 0 Å². The minimum atomic E-state index is -4.14. The van der Waals surface area contributed by atoms with Crippen molar-refractivity contribution in [3.05, 3.63) is 54.0 Å². The van der Waals surface area contributed by atoms with Gasteiger partial charge in [0.05, 0.1) is 24.1 Å². The predicted octanol–water partition coefficient (Wildman–Crippen LogP) is 4.14. The Bertz CT molecular complexity index is 1330. The molecule has 3 heterocycles. The SMILES string of the molecule is CC(C)COc1cc(F)cc(-c2ccc(C(=O)NS(=O)(=O)c3ccn[nH]3)c(N3CCCCC3C)n2)c1. The number of carbonyl (C=O) groups is 1. The summed E-state index contributed by atoms with van der Waals surface area (Å²) in [5.74, 6) is -0.255. The minimum Gasteiger partial charge on any atom is -0.493 e. The quantitative estimate of drug-likeness (QED) is 0.463. The number of benzene rings is 1. The highest BCUT2D eigenvalue weighted by atomic mass is 32.2. The highest BCUT2D eigenvalue weighted by molar-refractivity contribution is 7.90. The number of H-pyrrole nitrogens is 1. The Morgan fingerprint density at radius 3 is 2.75 bits per heavy atom. The molecule has 1 atom stereocenters. The third kappa shape index (κ3) is 5.84. The molecule has 1 unspecified atom stereocenters. The second-order valence-corrected chi connectivity index (χ2v) is 11.0. The zero-order valence-corrected chi connectivity index (χ0v) is 21.3. The van der Waals surface area contributed by atoms with Crippen molar-refractivity contribution in [3.8, 4) is 17.0 Å².